The van der Waals surface area contributed by atoms with E-state index in [0.717, 1.165) is 17.9 Å². The molecule has 0 saturated carbocycles. The maximum absolute atomic E-state index is 9.66. The number of hydrogen-bond acceptors (Lipinski definition) is 3. The van der Waals surface area contributed by atoms with Crippen LogP contribution >= 0.6 is 23.4 Å². The molecular weight excluding hydrogens is 230 g/mol. The lowest BCUT2D eigenvalue weighted by Gasteiger charge is -2.15. The largest absolute Gasteiger partial charge is 0.508 e. The van der Waals surface area contributed by atoms with Crippen LogP contribution in [0.4, 0.5) is 0 Å². The van der Waals surface area contributed by atoms with Crippen LogP contribution in [0.1, 0.15) is 18.5 Å². The molecule has 0 fully saturated rings. The first-order valence-corrected chi connectivity index (χ1v) is 6.63. The van der Waals surface area contributed by atoms with Gasteiger partial charge in [-0.15, -0.1) is 0 Å². The lowest BCUT2D eigenvalue weighted by molar-refractivity contribution is 0.455. The summed E-state index contributed by atoms with van der Waals surface area (Å²) in [6.45, 7) is 2.94. The van der Waals surface area contributed by atoms with Gasteiger partial charge in [0, 0.05) is 28.9 Å². The number of phenols is 1. The minimum Gasteiger partial charge on any atom is -0.508 e. The molecule has 15 heavy (non-hydrogen) atoms. The van der Waals surface area contributed by atoms with E-state index in [1.807, 2.05) is 6.92 Å². The molecule has 0 spiro atoms. The van der Waals surface area contributed by atoms with Gasteiger partial charge in [0.2, 0.25) is 0 Å². The Bertz CT molecular complexity index is 319. The van der Waals surface area contributed by atoms with Crippen molar-refractivity contribution in [3.8, 4) is 5.75 Å². The summed E-state index contributed by atoms with van der Waals surface area (Å²) in [6.07, 6.45) is 2.07. The van der Waals surface area contributed by atoms with E-state index in [9.17, 15) is 5.11 Å². The second-order valence-electron chi connectivity index (χ2n) is 3.37. The molecule has 4 heteroatoms. The highest BCUT2D eigenvalue weighted by Gasteiger charge is 2.09. The molecule has 0 aliphatic heterocycles. The summed E-state index contributed by atoms with van der Waals surface area (Å²) in [5.41, 5.74) is 0.851. The zero-order valence-corrected chi connectivity index (χ0v) is 10.5. The third kappa shape index (κ3) is 3.93. The van der Waals surface area contributed by atoms with Gasteiger partial charge >= 0.3 is 0 Å². The molecule has 84 valence electrons. The summed E-state index contributed by atoms with van der Waals surface area (Å²) in [6, 6.07) is 5.24. The molecule has 2 nitrogen and oxygen atoms in total. The number of hydrogen-bond donors (Lipinski definition) is 2. The summed E-state index contributed by atoms with van der Waals surface area (Å²) < 4.78 is 0. The van der Waals surface area contributed by atoms with Crippen molar-refractivity contribution in [2.45, 2.75) is 13.0 Å². The summed E-state index contributed by atoms with van der Waals surface area (Å²) in [7, 11) is 0. The first kappa shape index (κ1) is 12.7. The molecule has 0 amide bonds. The van der Waals surface area contributed by atoms with Crippen LogP contribution in [0, 0.1) is 0 Å². The Morgan fingerprint density at radius 3 is 2.93 bits per heavy atom. The zero-order chi connectivity index (χ0) is 11.3. The normalized spacial score (nSPS) is 12.7. The molecule has 0 bridgehead atoms. The predicted molar refractivity (Wildman–Crippen MR) is 67.9 cm³/mol. The van der Waals surface area contributed by atoms with Gasteiger partial charge in [0.25, 0.3) is 0 Å². The van der Waals surface area contributed by atoms with Gasteiger partial charge in [-0.2, -0.15) is 11.8 Å². The highest BCUT2D eigenvalue weighted by molar-refractivity contribution is 7.98. The molecule has 1 rings (SSSR count). The van der Waals surface area contributed by atoms with Crippen LogP contribution in [0.3, 0.4) is 0 Å². The van der Waals surface area contributed by atoms with Gasteiger partial charge in [0.05, 0.1) is 0 Å². The molecule has 0 aliphatic rings. The predicted octanol–water partition coefficient (Wildman–Crippen LogP) is 3.06. The van der Waals surface area contributed by atoms with Crippen molar-refractivity contribution in [1.82, 2.24) is 5.32 Å². The standard InChI is InChI=1S/C11H16ClNOS/c1-8(13-5-6-15-2)10-7-9(12)3-4-11(10)14/h3-4,7-8,13-14H,5-6H2,1-2H3. The van der Waals surface area contributed by atoms with Crippen molar-refractivity contribution in [2.75, 3.05) is 18.6 Å². The van der Waals surface area contributed by atoms with Crippen LogP contribution in [-0.4, -0.2) is 23.7 Å². The Balaban J connectivity index is 2.64. The minimum atomic E-state index is 0.121. The Hall–Kier alpha value is -0.380. The number of nitrogens with one attached hydrogen (secondary N) is 1. The van der Waals surface area contributed by atoms with Crippen LogP contribution in [0.2, 0.25) is 5.02 Å². The van der Waals surface area contributed by atoms with E-state index in [1.165, 1.54) is 0 Å². The fourth-order valence-corrected chi connectivity index (χ4v) is 1.86. The number of rotatable bonds is 5. The smallest absolute Gasteiger partial charge is 0.120 e. The number of aromatic hydroxyl groups is 1. The third-order valence-corrected chi connectivity index (χ3v) is 3.06. The Morgan fingerprint density at radius 2 is 2.27 bits per heavy atom. The summed E-state index contributed by atoms with van der Waals surface area (Å²) in [5.74, 6) is 1.36. The summed E-state index contributed by atoms with van der Waals surface area (Å²) in [4.78, 5) is 0. The fraction of sp³-hybridized carbons (Fsp3) is 0.455. The third-order valence-electron chi connectivity index (χ3n) is 2.21. The molecule has 0 heterocycles. The van der Waals surface area contributed by atoms with Crippen LogP contribution in [0.15, 0.2) is 18.2 Å². The molecule has 2 N–H and O–H groups in total. The second-order valence-corrected chi connectivity index (χ2v) is 4.79. The highest BCUT2D eigenvalue weighted by Crippen LogP contribution is 2.26. The molecule has 1 atom stereocenters. The second kappa shape index (κ2) is 6.26. The van der Waals surface area contributed by atoms with Gasteiger partial charge in [-0.25, -0.2) is 0 Å². The van der Waals surface area contributed by atoms with E-state index < -0.39 is 0 Å². The number of benzene rings is 1. The average molecular weight is 246 g/mol. The van der Waals surface area contributed by atoms with E-state index >= 15 is 0 Å². The van der Waals surface area contributed by atoms with Gasteiger partial charge in [0.15, 0.2) is 0 Å². The molecule has 1 aromatic rings. The summed E-state index contributed by atoms with van der Waals surface area (Å²) >= 11 is 7.67. The monoisotopic (exact) mass is 245 g/mol. The van der Waals surface area contributed by atoms with Gasteiger partial charge in [-0.05, 0) is 31.4 Å². The van der Waals surface area contributed by atoms with Crippen molar-refractivity contribution >= 4 is 23.4 Å². The van der Waals surface area contributed by atoms with Gasteiger partial charge < -0.3 is 10.4 Å². The molecule has 0 aliphatic carbocycles. The molecule has 1 aromatic carbocycles. The van der Waals surface area contributed by atoms with E-state index in [4.69, 9.17) is 11.6 Å². The highest BCUT2D eigenvalue weighted by atomic mass is 35.5. The van der Waals surface area contributed by atoms with Crippen molar-refractivity contribution < 1.29 is 5.11 Å². The molecule has 0 radical (unpaired) electrons. The van der Waals surface area contributed by atoms with Gasteiger partial charge in [-0.3, -0.25) is 0 Å². The molecular formula is C11H16ClNOS. The van der Waals surface area contributed by atoms with E-state index in [-0.39, 0.29) is 6.04 Å². The maximum Gasteiger partial charge on any atom is 0.120 e. The van der Waals surface area contributed by atoms with E-state index in [1.54, 1.807) is 30.0 Å². The quantitative estimate of drug-likeness (QED) is 0.782. The minimum absolute atomic E-state index is 0.121. The van der Waals surface area contributed by atoms with Crippen LogP contribution in [-0.2, 0) is 0 Å². The summed E-state index contributed by atoms with van der Waals surface area (Å²) in [5, 5.41) is 13.6. The first-order valence-electron chi connectivity index (χ1n) is 4.86. The van der Waals surface area contributed by atoms with Gasteiger partial charge in [0.1, 0.15) is 5.75 Å². The molecule has 0 aromatic heterocycles. The van der Waals surface area contributed by atoms with Crippen molar-refractivity contribution in [1.29, 1.82) is 0 Å². The van der Waals surface area contributed by atoms with Crippen LogP contribution < -0.4 is 5.32 Å². The number of phenolic OH excluding ortho intramolecular Hbond substituents is 1. The van der Waals surface area contributed by atoms with Gasteiger partial charge in [-0.1, -0.05) is 11.6 Å². The Labute approximate surface area is 100 Å². The van der Waals surface area contributed by atoms with Crippen molar-refractivity contribution in [3.63, 3.8) is 0 Å². The Kier molecular flexibility index (Phi) is 5.29. The van der Waals surface area contributed by atoms with E-state index in [2.05, 4.69) is 11.6 Å². The maximum atomic E-state index is 9.66. The number of halogens is 1. The fourth-order valence-electron chi connectivity index (χ4n) is 1.36. The first-order chi connectivity index (χ1) is 7.15. The Morgan fingerprint density at radius 1 is 1.53 bits per heavy atom. The molecule has 0 saturated heterocycles. The average Bonchev–Trinajstić information content (AvgIpc) is 2.22. The lowest BCUT2D eigenvalue weighted by Crippen LogP contribution is -2.21. The van der Waals surface area contributed by atoms with Crippen LogP contribution in [0.25, 0.3) is 0 Å². The van der Waals surface area contributed by atoms with Crippen molar-refractivity contribution in [3.05, 3.63) is 28.8 Å². The van der Waals surface area contributed by atoms with Crippen LogP contribution in [0.5, 0.6) is 5.75 Å². The molecule has 1 unspecified atom stereocenters. The topological polar surface area (TPSA) is 32.3 Å². The SMILES string of the molecule is CSCCNC(C)c1cc(Cl)ccc1O. The van der Waals surface area contributed by atoms with Crippen molar-refractivity contribution in [2.24, 2.45) is 0 Å². The number of thioether (sulfide) groups is 1. The zero-order valence-electron chi connectivity index (χ0n) is 8.96. The lowest BCUT2D eigenvalue weighted by atomic mass is 10.1. The van der Waals surface area contributed by atoms with E-state index in [0.29, 0.717) is 10.8 Å².